The van der Waals surface area contributed by atoms with Gasteiger partial charge in [-0.1, -0.05) is 0 Å². The monoisotopic (exact) mass is 399 g/mol. The summed E-state index contributed by atoms with van der Waals surface area (Å²) in [7, 11) is 1.64. The summed E-state index contributed by atoms with van der Waals surface area (Å²) in [6.07, 6.45) is 1.67. The van der Waals surface area contributed by atoms with Crippen molar-refractivity contribution in [3.05, 3.63) is 71.4 Å². The van der Waals surface area contributed by atoms with E-state index in [0.717, 1.165) is 40.0 Å². The number of aryl methyl sites for hydroxylation is 1. The van der Waals surface area contributed by atoms with E-state index in [1.807, 2.05) is 56.3 Å². The van der Waals surface area contributed by atoms with E-state index in [0.29, 0.717) is 18.9 Å². The fraction of sp³-hybridized carbons (Fsp3) is 0.318. The summed E-state index contributed by atoms with van der Waals surface area (Å²) in [5.74, 6) is 3.82. The van der Waals surface area contributed by atoms with Gasteiger partial charge in [0.25, 0.3) is 0 Å². The van der Waals surface area contributed by atoms with Crippen molar-refractivity contribution in [3.63, 3.8) is 0 Å². The predicted octanol–water partition coefficient (Wildman–Crippen LogP) is 4.75. The minimum Gasteiger partial charge on any atom is -0.497 e. The average molecular weight is 400 g/mol. The minimum absolute atomic E-state index is 0.147. The lowest BCUT2D eigenvalue weighted by Crippen LogP contribution is -2.08. The van der Waals surface area contributed by atoms with Crippen molar-refractivity contribution in [1.29, 1.82) is 0 Å². The zero-order valence-corrected chi connectivity index (χ0v) is 17.3. The number of carbonyl (C=O) groups is 1. The van der Waals surface area contributed by atoms with Crippen molar-refractivity contribution in [1.82, 2.24) is 4.57 Å². The highest BCUT2D eigenvalue weighted by molar-refractivity contribution is 8.00. The number of thioether (sulfide) groups is 1. The Bertz CT molecular complexity index is 898. The Morgan fingerprint density at radius 3 is 2.57 bits per heavy atom. The zero-order chi connectivity index (χ0) is 19.9. The molecule has 3 aromatic rings. The SMILES string of the molecule is COc1ccc(OCCSCC(=O)c2cc(C)n(Cc3ccco3)c2C)cc1. The Hall–Kier alpha value is -2.60. The van der Waals surface area contributed by atoms with Gasteiger partial charge in [0.15, 0.2) is 5.78 Å². The summed E-state index contributed by atoms with van der Waals surface area (Å²) in [5, 5.41) is 0. The number of hydrogen-bond donors (Lipinski definition) is 0. The molecular weight excluding hydrogens is 374 g/mol. The van der Waals surface area contributed by atoms with Crippen LogP contribution < -0.4 is 9.47 Å². The van der Waals surface area contributed by atoms with Crippen molar-refractivity contribution in [2.45, 2.75) is 20.4 Å². The molecule has 0 bridgehead atoms. The van der Waals surface area contributed by atoms with E-state index in [1.165, 1.54) is 0 Å². The smallest absolute Gasteiger partial charge is 0.174 e. The number of carbonyl (C=O) groups excluding carboxylic acids is 1. The summed E-state index contributed by atoms with van der Waals surface area (Å²) in [4.78, 5) is 12.6. The normalized spacial score (nSPS) is 10.8. The summed E-state index contributed by atoms with van der Waals surface area (Å²) < 4.78 is 18.4. The van der Waals surface area contributed by atoms with E-state index in [9.17, 15) is 4.79 Å². The third-order valence-corrected chi connectivity index (χ3v) is 5.48. The van der Waals surface area contributed by atoms with Crippen molar-refractivity contribution in [2.24, 2.45) is 0 Å². The third-order valence-electron chi connectivity index (χ3n) is 4.56. The molecule has 2 aromatic heterocycles. The maximum Gasteiger partial charge on any atom is 0.174 e. The van der Waals surface area contributed by atoms with Crippen molar-refractivity contribution in [3.8, 4) is 11.5 Å². The van der Waals surface area contributed by atoms with E-state index in [2.05, 4.69) is 4.57 Å². The van der Waals surface area contributed by atoms with Gasteiger partial charge in [0, 0.05) is 22.7 Å². The number of methoxy groups -OCH3 is 1. The number of ketones is 1. The molecule has 0 fully saturated rings. The molecule has 28 heavy (non-hydrogen) atoms. The topological polar surface area (TPSA) is 53.6 Å². The molecule has 2 heterocycles. The second kappa shape index (κ2) is 9.55. The summed E-state index contributed by atoms with van der Waals surface area (Å²) in [6.45, 7) is 5.20. The second-order valence-electron chi connectivity index (χ2n) is 6.45. The molecule has 6 heteroatoms. The Labute approximate surface area is 169 Å². The van der Waals surface area contributed by atoms with E-state index in [-0.39, 0.29) is 5.78 Å². The van der Waals surface area contributed by atoms with E-state index >= 15 is 0 Å². The molecule has 0 unspecified atom stereocenters. The van der Waals surface area contributed by atoms with Crippen LogP contribution in [0.4, 0.5) is 0 Å². The van der Waals surface area contributed by atoms with Gasteiger partial charge >= 0.3 is 0 Å². The number of Topliss-reactive ketones (excluding diaryl/α,β-unsaturated/α-hetero) is 1. The van der Waals surface area contributed by atoms with Crippen molar-refractivity contribution in [2.75, 3.05) is 25.2 Å². The van der Waals surface area contributed by atoms with E-state index in [1.54, 1.807) is 25.1 Å². The first kappa shape index (κ1) is 20.1. The Balaban J connectivity index is 1.47. The molecule has 0 atom stereocenters. The van der Waals surface area contributed by atoms with Crippen molar-refractivity contribution >= 4 is 17.5 Å². The van der Waals surface area contributed by atoms with Gasteiger partial charge in [0.1, 0.15) is 17.3 Å². The number of rotatable bonds is 10. The molecule has 5 nitrogen and oxygen atoms in total. The second-order valence-corrected chi connectivity index (χ2v) is 7.56. The van der Waals surface area contributed by atoms with Gasteiger partial charge in [-0.15, -0.1) is 0 Å². The van der Waals surface area contributed by atoms with Gasteiger partial charge in [0.05, 0.1) is 32.3 Å². The van der Waals surface area contributed by atoms with Crippen LogP contribution in [0.1, 0.15) is 27.5 Å². The van der Waals surface area contributed by atoms with Crippen LogP contribution in [0.3, 0.4) is 0 Å². The van der Waals surface area contributed by atoms with Crippen LogP contribution in [-0.4, -0.2) is 35.6 Å². The van der Waals surface area contributed by atoms with Gasteiger partial charge in [-0.3, -0.25) is 4.79 Å². The van der Waals surface area contributed by atoms with Crippen LogP contribution >= 0.6 is 11.8 Å². The van der Waals surface area contributed by atoms with Gasteiger partial charge in [-0.05, 0) is 56.3 Å². The van der Waals surface area contributed by atoms with Crippen molar-refractivity contribution < 1.29 is 18.7 Å². The number of benzene rings is 1. The highest BCUT2D eigenvalue weighted by Crippen LogP contribution is 2.20. The number of ether oxygens (including phenoxy) is 2. The van der Waals surface area contributed by atoms with E-state index < -0.39 is 0 Å². The zero-order valence-electron chi connectivity index (χ0n) is 16.4. The van der Waals surface area contributed by atoms with Crippen LogP contribution in [0.15, 0.2) is 53.1 Å². The van der Waals surface area contributed by atoms with Gasteiger partial charge in [-0.25, -0.2) is 0 Å². The highest BCUT2D eigenvalue weighted by atomic mass is 32.2. The molecule has 0 radical (unpaired) electrons. The van der Waals surface area contributed by atoms with Crippen LogP contribution in [0.25, 0.3) is 0 Å². The van der Waals surface area contributed by atoms with Gasteiger partial charge in [0.2, 0.25) is 0 Å². The molecule has 0 spiro atoms. The quantitative estimate of drug-likeness (QED) is 0.364. The predicted molar refractivity (Wildman–Crippen MR) is 112 cm³/mol. The molecule has 0 N–H and O–H groups in total. The van der Waals surface area contributed by atoms with Crippen LogP contribution in [0, 0.1) is 13.8 Å². The Morgan fingerprint density at radius 1 is 1.14 bits per heavy atom. The number of hydrogen-bond acceptors (Lipinski definition) is 5. The summed E-state index contributed by atoms with van der Waals surface area (Å²) in [6, 6.07) is 13.3. The highest BCUT2D eigenvalue weighted by Gasteiger charge is 2.16. The Morgan fingerprint density at radius 2 is 1.89 bits per heavy atom. The fourth-order valence-corrected chi connectivity index (χ4v) is 3.70. The number of aromatic nitrogens is 1. The lowest BCUT2D eigenvalue weighted by molar-refractivity contribution is 0.102. The lowest BCUT2D eigenvalue weighted by atomic mass is 10.2. The molecule has 0 amide bonds. The molecule has 1 aromatic carbocycles. The lowest BCUT2D eigenvalue weighted by Gasteiger charge is -2.08. The molecular formula is C22H25NO4S. The largest absolute Gasteiger partial charge is 0.497 e. The van der Waals surface area contributed by atoms with Crippen LogP contribution in [-0.2, 0) is 6.54 Å². The average Bonchev–Trinajstić information content (AvgIpc) is 3.32. The minimum atomic E-state index is 0.147. The van der Waals surface area contributed by atoms with Gasteiger partial charge < -0.3 is 18.5 Å². The Kier molecular flexibility index (Phi) is 6.87. The molecule has 0 saturated heterocycles. The molecule has 0 aliphatic carbocycles. The molecule has 3 rings (SSSR count). The van der Waals surface area contributed by atoms with Crippen LogP contribution in [0.5, 0.6) is 11.5 Å². The number of furan rings is 1. The first-order chi connectivity index (χ1) is 13.6. The summed E-state index contributed by atoms with van der Waals surface area (Å²) in [5.41, 5.74) is 2.83. The van der Waals surface area contributed by atoms with Gasteiger partial charge in [-0.2, -0.15) is 11.8 Å². The fourth-order valence-electron chi connectivity index (χ4n) is 3.02. The maximum absolute atomic E-state index is 12.6. The van der Waals surface area contributed by atoms with E-state index in [4.69, 9.17) is 13.9 Å². The molecule has 0 aliphatic rings. The van der Waals surface area contributed by atoms with Crippen LogP contribution in [0.2, 0.25) is 0 Å². The first-order valence-electron chi connectivity index (χ1n) is 9.15. The first-order valence-corrected chi connectivity index (χ1v) is 10.3. The third kappa shape index (κ3) is 5.01. The standard InChI is InChI=1S/C22H25NO4S/c1-16-13-21(17(2)23(16)14-20-5-4-10-26-20)22(24)15-28-12-11-27-19-8-6-18(25-3)7-9-19/h4-10,13H,11-12,14-15H2,1-3H3. The summed E-state index contributed by atoms with van der Waals surface area (Å²) >= 11 is 1.59. The number of nitrogens with zero attached hydrogens (tertiary/aromatic N) is 1. The molecule has 0 aliphatic heterocycles. The maximum atomic E-state index is 12.6. The molecule has 148 valence electrons. The molecule has 0 saturated carbocycles.